The molecule has 1 heterocycles. The van der Waals surface area contributed by atoms with Crippen LogP contribution in [0.3, 0.4) is 0 Å². The Morgan fingerprint density at radius 2 is 1.89 bits per heavy atom. The molecule has 1 fully saturated rings. The van der Waals surface area contributed by atoms with Crippen molar-refractivity contribution in [3.63, 3.8) is 0 Å². The molecule has 1 aromatic rings. The van der Waals surface area contributed by atoms with E-state index in [-0.39, 0.29) is 6.04 Å². The molecule has 0 saturated carbocycles. The number of benzene rings is 1. The molecule has 148 valence electrons. The van der Waals surface area contributed by atoms with Crippen LogP contribution < -0.4 is 15.9 Å². The number of nitrogens with one attached hydrogen (secondary N) is 2. The highest BCUT2D eigenvalue weighted by atomic mass is 32.2. The molecule has 2 unspecified atom stereocenters. The number of rotatable bonds is 3. The van der Waals surface area contributed by atoms with Crippen LogP contribution >= 0.6 is 0 Å². The molecule has 3 aliphatic rings. The molecule has 4 N–H and O–H groups in total. The summed E-state index contributed by atoms with van der Waals surface area (Å²) < 4.78 is 16.8. The van der Waals surface area contributed by atoms with Crippen LogP contribution in [0.1, 0.15) is 55.4 Å². The summed E-state index contributed by atoms with van der Waals surface area (Å²) in [5, 5.41) is 10.4. The number of hydrogen-bond donors (Lipinski definition) is 3. The van der Waals surface area contributed by atoms with Gasteiger partial charge >= 0.3 is 6.03 Å². The fourth-order valence-corrected chi connectivity index (χ4v) is 5.67. The van der Waals surface area contributed by atoms with Gasteiger partial charge in [0.2, 0.25) is 0 Å². The third-order valence-corrected chi connectivity index (χ3v) is 7.51. The van der Waals surface area contributed by atoms with E-state index < -0.39 is 21.3 Å². The zero-order valence-electron chi connectivity index (χ0n) is 16.1. The SMILES string of the molecule is CC(C)N1CCC(S(N)(=O)=NC(=O)Nc2c3c(cc4c2CCC4)CCC3)N1. The van der Waals surface area contributed by atoms with Crippen molar-refractivity contribution in [1.29, 1.82) is 0 Å². The third-order valence-electron chi connectivity index (χ3n) is 5.90. The Labute approximate surface area is 161 Å². The molecule has 1 aliphatic heterocycles. The lowest BCUT2D eigenvalue weighted by molar-refractivity contribution is 0.196. The van der Waals surface area contributed by atoms with Crippen LogP contribution in [0.2, 0.25) is 0 Å². The number of carbonyl (C=O) groups is 1. The summed E-state index contributed by atoms with van der Waals surface area (Å²) in [6.45, 7) is 4.84. The largest absolute Gasteiger partial charge is 0.354 e. The van der Waals surface area contributed by atoms with Crippen LogP contribution in [0.25, 0.3) is 0 Å². The van der Waals surface area contributed by atoms with Crippen molar-refractivity contribution >= 4 is 21.6 Å². The van der Waals surface area contributed by atoms with Gasteiger partial charge in [-0.3, -0.25) is 0 Å². The molecule has 1 saturated heterocycles. The molecule has 7 nitrogen and oxygen atoms in total. The zero-order chi connectivity index (χ0) is 19.2. The van der Waals surface area contributed by atoms with E-state index in [0.717, 1.165) is 50.8 Å². The lowest BCUT2D eigenvalue weighted by atomic mass is 9.99. The standard InChI is InChI=1S/C19H29N5O2S/c1-12(2)24-10-9-17(22-24)27(20,26)23-19(25)21-18-15-7-3-5-13(15)11-14-6-4-8-16(14)18/h11-12,17,22H,3-10H2,1-2H3,(H3,20,21,23,25,26). The maximum atomic E-state index is 12.9. The number of anilines is 1. The number of urea groups is 1. The Bertz CT molecular complexity index is 856. The first-order valence-electron chi connectivity index (χ1n) is 9.89. The van der Waals surface area contributed by atoms with E-state index in [0.29, 0.717) is 6.42 Å². The molecule has 8 heteroatoms. The Morgan fingerprint density at radius 3 is 2.44 bits per heavy atom. The van der Waals surface area contributed by atoms with Crippen LogP contribution in [-0.4, -0.2) is 33.2 Å². The lowest BCUT2D eigenvalue weighted by Gasteiger charge is -2.21. The number of nitrogens with two attached hydrogens (primary N) is 1. The molecule has 0 radical (unpaired) electrons. The van der Waals surface area contributed by atoms with E-state index in [1.165, 1.54) is 22.3 Å². The monoisotopic (exact) mass is 391 g/mol. The van der Waals surface area contributed by atoms with Crippen molar-refractivity contribution in [3.8, 4) is 0 Å². The highest BCUT2D eigenvalue weighted by Crippen LogP contribution is 2.38. The van der Waals surface area contributed by atoms with Crippen LogP contribution in [0.5, 0.6) is 0 Å². The minimum atomic E-state index is -3.16. The molecule has 4 rings (SSSR count). The molecular weight excluding hydrogens is 362 g/mol. The van der Waals surface area contributed by atoms with Crippen molar-refractivity contribution < 1.29 is 9.00 Å². The molecule has 1 aromatic carbocycles. The van der Waals surface area contributed by atoms with E-state index in [2.05, 4.69) is 21.2 Å². The summed E-state index contributed by atoms with van der Waals surface area (Å²) in [4.78, 5) is 12.6. The van der Waals surface area contributed by atoms with E-state index in [9.17, 15) is 9.00 Å². The van der Waals surface area contributed by atoms with Gasteiger partial charge in [-0.15, -0.1) is 4.36 Å². The molecule has 2 aliphatic carbocycles. The van der Waals surface area contributed by atoms with Gasteiger partial charge in [0.05, 0.1) is 0 Å². The third kappa shape index (κ3) is 3.63. The van der Waals surface area contributed by atoms with Gasteiger partial charge < -0.3 is 5.32 Å². The summed E-state index contributed by atoms with van der Waals surface area (Å²) in [5.41, 5.74) is 9.18. The van der Waals surface area contributed by atoms with Crippen LogP contribution in [0.4, 0.5) is 10.5 Å². The van der Waals surface area contributed by atoms with Crippen molar-refractivity contribution in [2.75, 3.05) is 11.9 Å². The summed E-state index contributed by atoms with van der Waals surface area (Å²) >= 11 is 0. The Balaban J connectivity index is 1.57. The van der Waals surface area contributed by atoms with E-state index in [1.807, 2.05) is 18.9 Å². The maximum Gasteiger partial charge on any atom is 0.354 e. The Hall–Kier alpha value is -1.48. The number of hydrazine groups is 1. The number of hydrogen-bond acceptors (Lipinski definition) is 4. The van der Waals surface area contributed by atoms with Gasteiger partial charge in [0, 0.05) is 18.3 Å². The van der Waals surface area contributed by atoms with Crippen molar-refractivity contribution in [2.24, 2.45) is 9.50 Å². The van der Waals surface area contributed by atoms with Gasteiger partial charge in [0.25, 0.3) is 0 Å². The first kappa shape index (κ1) is 18.9. The summed E-state index contributed by atoms with van der Waals surface area (Å²) in [6, 6.07) is 1.99. The average molecular weight is 392 g/mol. The maximum absolute atomic E-state index is 12.9. The second-order valence-electron chi connectivity index (χ2n) is 8.06. The zero-order valence-corrected chi connectivity index (χ0v) is 16.9. The normalized spacial score (nSPS) is 23.9. The smallest absolute Gasteiger partial charge is 0.305 e. The topological polar surface area (TPSA) is 99.8 Å². The number of fused-ring (bicyclic) bond motifs is 2. The first-order valence-corrected chi connectivity index (χ1v) is 11.5. The highest BCUT2D eigenvalue weighted by molar-refractivity contribution is 7.92. The minimum Gasteiger partial charge on any atom is -0.305 e. The van der Waals surface area contributed by atoms with E-state index >= 15 is 0 Å². The number of amides is 2. The first-order chi connectivity index (χ1) is 12.8. The predicted molar refractivity (Wildman–Crippen MR) is 108 cm³/mol. The predicted octanol–water partition coefficient (Wildman–Crippen LogP) is 2.48. The molecule has 0 spiro atoms. The van der Waals surface area contributed by atoms with Gasteiger partial charge in [0.1, 0.15) is 15.3 Å². The number of carbonyl (C=O) groups excluding carboxylic acids is 1. The fourth-order valence-electron chi connectivity index (χ4n) is 4.51. The molecule has 0 aromatic heterocycles. The highest BCUT2D eigenvalue weighted by Gasteiger charge is 2.31. The van der Waals surface area contributed by atoms with Gasteiger partial charge in [0.15, 0.2) is 0 Å². The Kier molecular flexibility index (Phi) is 5.00. The second-order valence-corrected chi connectivity index (χ2v) is 10.0. The number of aryl methyl sites for hydroxylation is 2. The summed E-state index contributed by atoms with van der Waals surface area (Å²) in [6.07, 6.45) is 6.92. The minimum absolute atomic E-state index is 0.272. The van der Waals surface area contributed by atoms with Crippen LogP contribution in [0, 0.1) is 0 Å². The quantitative estimate of drug-likeness (QED) is 0.737. The molecular formula is C19H29N5O2S. The summed E-state index contributed by atoms with van der Waals surface area (Å²) in [5.74, 6) is 0. The summed E-state index contributed by atoms with van der Waals surface area (Å²) in [7, 11) is -3.16. The second kappa shape index (κ2) is 7.16. The molecule has 2 amide bonds. The van der Waals surface area contributed by atoms with Crippen LogP contribution in [0.15, 0.2) is 10.4 Å². The van der Waals surface area contributed by atoms with Crippen molar-refractivity contribution in [3.05, 3.63) is 28.3 Å². The van der Waals surface area contributed by atoms with Gasteiger partial charge in [-0.1, -0.05) is 6.07 Å². The molecule has 2 atom stereocenters. The lowest BCUT2D eigenvalue weighted by Crippen LogP contribution is -2.45. The van der Waals surface area contributed by atoms with Crippen molar-refractivity contribution in [2.45, 2.75) is 70.2 Å². The van der Waals surface area contributed by atoms with Gasteiger partial charge in [-0.2, -0.15) is 0 Å². The fraction of sp³-hybridized carbons (Fsp3) is 0.632. The molecule has 0 bridgehead atoms. The van der Waals surface area contributed by atoms with E-state index in [4.69, 9.17) is 5.14 Å². The van der Waals surface area contributed by atoms with Crippen molar-refractivity contribution in [1.82, 2.24) is 10.4 Å². The Morgan fingerprint density at radius 1 is 1.26 bits per heavy atom. The van der Waals surface area contributed by atoms with Gasteiger partial charge in [-0.25, -0.2) is 24.6 Å². The number of nitrogens with zero attached hydrogens (tertiary/aromatic N) is 2. The van der Waals surface area contributed by atoms with E-state index in [1.54, 1.807) is 0 Å². The average Bonchev–Trinajstić information content (AvgIpc) is 3.34. The van der Waals surface area contributed by atoms with Crippen LogP contribution in [-0.2, 0) is 35.6 Å². The van der Waals surface area contributed by atoms with Gasteiger partial charge in [-0.05, 0) is 81.0 Å². The molecule has 27 heavy (non-hydrogen) atoms.